The molecule has 8 heteroatoms. The highest BCUT2D eigenvalue weighted by Gasteiger charge is 2.30. The van der Waals surface area contributed by atoms with Crippen LogP contribution in [0.25, 0.3) is 0 Å². The highest BCUT2D eigenvalue weighted by molar-refractivity contribution is 14.1. The molecule has 1 aromatic heterocycles. The van der Waals surface area contributed by atoms with Crippen LogP contribution in [0.3, 0.4) is 0 Å². The second kappa shape index (κ2) is 8.81. The summed E-state index contributed by atoms with van der Waals surface area (Å²) in [5, 5.41) is 0. The van der Waals surface area contributed by atoms with Crippen molar-refractivity contribution in [3.63, 3.8) is 0 Å². The number of benzene rings is 1. The normalized spacial score (nSPS) is 14.0. The molecule has 1 heterocycles. The molecule has 0 aliphatic rings. The summed E-state index contributed by atoms with van der Waals surface area (Å²) in [6.07, 6.45) is 1.76. The second-order valence-electron chi connectivity index (χ2n) is 5.46. The van der Waals surface area contributed by atoms with Gasteiger partial charge in [0, 0.05) is 0 Å². The van der Waals surface area contributed by atoms with Crippen LogP contribution in [-0.2, 0) is 19.6 Å². The molecule has 1 N–H and O–H groups in total. The van der Waals surface area contributed by atoms with Crippen LogP contribution in [0, 0.1) is 6.92 Å². The maximum atomic E-state index is 12.6. The molecule has 0 amide bonds. The Morgan fingerprint density at radius 2 is 1.96 bits per heavy atom. The average molecular weight is 477 g/mol. The van der Waals surface area contributed by atoms with Crippen LogP contribution >= 0.6 is 22.6 Å². The zero-order valence-electron chi connectivity index (χ0n) is 13.9. The highest BCUT2D eigenvalue weighted by atomic mass is 127. The van der Waals surface area contributed by atoms with Crippen molar-refractivity contribution < 1.29 is 22.4 Å². The number of ether oxygens (including phenoxy) is 1. The van der Waals surface area contributed by atoms with Gasteiger partial charge in [-0.2, -0.15) is 4.72 Å². The molecule has 0 aliphatic carbocycles. The van der Waals surface area contributed by atoms with E-state index in [4.69, 9.17) is 9.15 Å². The summed E-state index contributed by atoms with van der Waals surface area (Å²) in [6, 6.07) is 8.96. The van der Waals surface area contributed by atoms with E-state index in [1.165, 1.54) is 18.4 Å². The first-order valence-electron chi connectivity index (χ1n) is 7.76. The third-order valence-electron chi connectivity index (χ3n) is 3.49. The lowest BCUT2D eigenvalue weighted by atomic mass is 10.1. The van der Waals surface area contributed by atoms with Crippen LogP contribution in [0.1, 0.15) is 28.6 Å². The van der Waals surface area contributed by atoms with Crippen LogP contribution in [0.2, 0.25) is 0 Å². The van der Waals surface area contributed by atoms with Gasteiger partial charge in [0.1, 0.15) is 11.8 Å². The molecular formula is C17H20INO5S. The Bertz CT molecular complexity index is 787. The third kappa shape index (κ3) is 5.55. The van der Waals surface area contributed by atoms with Crippen molar-refractivity contribution in [3.05, 3.63) is 54.0 Å². The number of halogens is 1. The number of hydrogen-bond acceptors (Lipinski definition) is 5. The fourth-order valence-corrected chi connectivity index (χ4v) is 4.26. The monoisotopic (exact) mass is 477 g/mol. The molecule has 0 fully saturated rings. The third-order valence-corrected chi connectivity index (χ3v) is 6.10. The molecule has 2 rings (SSSR count). The maximum Gasteiger partial charge on any atom is 0.324 e. The summed E-state index contributed by atoms with van der Waals surface area (Å²) in [5.74, 6) is 0.0656. The first-order chi connectivity index (χ1) is 11.8. The second-order valence-corrected chi connectivity index (χ2v) is 8.68. The zero-order valence-corrected chi connectivity index (χ0v) is 16.9. The molecule has 1 aromatic carbocycles. The highest BCUT2D eigenvalue weighted by Crippen LogP contribution is 2.29. The van der Waals surface area contributed by atoms with Crippen molar-refractivity contribution in [1.82, 2.24) is 4.72 Å². The molecule has 0 spiro atoms. The van der Waals surface area contributed by atoms with Crippen molar-refractivity contribution in [2.75, 3.05) is 6.61 Å². The number of alkyl halides is 1. The van der Waals surface area contributed by atoms with Gasteiger partial charge in [-0.15, -0.1) is 0 Å². The molecule has 0 saturated carbocycles. The van der Waals surface area contributed by atoms with Gasteiger partial charge in [-0.1, -0.05) is 40.3 Å². The summed E-state index contributed by atoms with van der Waals surface area (Å²) >= 11 is 2.12. The number of furan rings is 1. The van der Waals surface area contributed by atoms with Gasteiger partial charge >= 0.3 is 5.97 Å². The van der Waals surface area contributed by atoms with Crippen molar-refractivity contribution in [2.45, 2.75) is 35.1 Å². The fraction of sp³-hybridized carbons (Fsp3) is 0.353. The molecule has 136 valence electrons. The zero-order chi connectivity index (χ0) is 18.4. The predicted octanol–water partition coefficient (Wildman–Crippen LogP) is 3.36. The fourth-order valence-electron chi connectivity index (χ4n) is 2.20. The predicted molar refractivity (Wildman–Crippen MR) is 102 cm³/mol. The summed E-state index contributed by atoms with van der Waals surface area (Å²) in [4.78, 5) is 12.3. The lowest BCUT2D eigenvalue weighted by Gasteiger charge is -2.19. The number of esters is 1. The van der Waals surface area contributed by atoms with Gasteiger partial charge in [-0.3, -0.25) is 4.79 Å². The summed E-state index contributed by atoms with van der Waals surface area (Å²) in [5.41, 5.74) is 0.950. The van der Waals surface area contributed by atoms with Gasteiger partial charge in [-0.05, 0) is 44.5 Å². The van der Waals surface area contributed by atoms with Crippen molar-refractivity contribution in [2.24, 2.45) is 0 Å². The smallest absolute Gasteiger partial charge is 0.324 e. The Balaban J connectivity index is 2.20. The minimum atomic E-state index is -3.84. The largest absolute Gasteiger partial charge is 0.468 e. The maximum absolute atomic E-state index is 12.6. The van der Waals surface area contributed by atoms with E-state index in [9.17, 15) is 13.2 Å². The molecule has 0 radical (unpaired) electrons. The van der Waals surface area contributed by atoms with Crippen molar-refractivity contribution in [1.29, 1.82) is 0 Å². The molecular weight excluding hydrogens is 457 g/mol. The van der Waals surface area contributed by atoms with Crippen LogP contribution < -0.4 is 4.72 Å². The molecule has 2 aromatic rings. The van der Waals surface area contributed by atoms with E-state index < -0.39 is 22.0 Å². The van der Waals surface area contributed by atoms with E-state index in [-0.39, 0.29) is 21.8 Å². The van der Waals surface area contributed by atoms with E-state index in [0.29, 0.717) is 5.76 Å². The number of carbonyl (C=O) groups is 1. The number of sulfonamides is 1. The Kier molecular flexibility index (Phi) is 7.03. The Morgan fingerprint density at radius 1 is 1.28 bits per heavy atom. The first-order valence-corrected chi connectivity index (χ1v) is 10.5. The van der Waals surface area contributed by atoms with Gasteiger partial charge in [0.2, 0.25) is 10.0 Å². The Labute approximate surface area is 161 Å². The molecule has 0 saturated heterocycles. The minimum Gasteiger partial charge on any atom is -0.468 e. The molecule has 2 atom stereocenters. The van der Waals surface area contributed by atoms with E-state index >= 15 is 0 Å². The molecule has 0 unspecified atom stereocenters. The SMILES string of the molecule is CCOC(=O)[C@H](C[C@@H](I)c1ccco1)NS(=O)(=O)c1ccc(C)cc1. The number of carbonyl (C=O) groups excluding carboxylic acids is 1. The topological polar surface area (TPSA) is 85.6 Å². The van der Waals surface area contributed by atoms with Crippen LogP contribution in [0.15, 0.2) is 52.0 Å². The number of hydrogen-bond donors (Lipinski definition) is 1. The quantitative estimate of drug-likeness (QED) is 0.358. The van der Waals surface area contributed by atoms with E-state index in [1.807, 2.05) is 6.92 Å². The summed E-state index contributed by atoms with van der Waals surface area (Å²) < 4.78 is 37.8. The van der Waals surface area contributed by atoms with Gasteiger partial charge in [-0.25, -0.2) is 8.42 Å². The standard InChI is InChI=1S/C17H20INO5S/c1-3-23-17(20)15(11-14(18)16-5-4-10-24-16)19-25(21,22)13-8-6-12(2)7-9-13/h4-10,14-15,19H,3,11H2,1-2H3/t14-,15+/m1/s1. The van der Waals surface area contributed by atoms with Crippen LogP contribution in [-0.4, -0.2) is 27.0 Å². The Hall–Kier alpha value is -1.39. The number of aryl methyl sites for hydroxylation is 1. The number of nitrogens with one attached hydrogen (secondary N) is 1. The summed E-state index contributed by atoms with van der Waals surface area (Å²) in [6.45, 7) is 3.72. The summed E-state index contributed by atoms with van der Waals surface area (Å²) in [7, 11) is -3.84. The lowest BCUT2D eigenvalue weighted by Crippen LogP contribution is -2.42. The first kappa shape index (κ1) is 19.9. The van der Waals surface area contributed by atoms with Gasteiger partial charge in [0.15, 0.2) is 0 Å². The van der Waals surface area contributed by atoms with Crippen molar-refractivity contribution in [3.8, 4) is 0 Å². The molecule has 25 heavy (non-hydrogen) atoms. The van der Waals surface area contributed by atoms with Crippen LogP contribution in [0.4, 0.5) is 0 Å². The average Bonchev–Trinajstić information content (AvgIpc) is 3.09. The Morgan fingerprint density at radius 3 is 2.52 bits per heavy atom. The van der Waals surface area contributed by atoms with Gasteiger partial charge in [0.25, 0.3) is 0 Å². The van der Waals surface area contributed by atoms with Gasteiger partial charge in [0.05, 0.1) is 21.7 Å². The van der Waals surface area contributed by atoms with Crippen molar-refractivity contribution >= 4 is 38.6 Å². The molecule has 0 bridgehead atoms. The molecule has 6 nitrogen and oxygen atoms in total. The molecule has 0 aliphatic heterocycles. The van der Waals surface area contributed by atoms with E-state index in [2.05, 4.69) is 27.3 Å². The van der Waals surface area contributed by atoms with E-state index in [0.717, 1.165) is 5.56 Å². The van der Waals surface area contributed by atoms with Gasteiger partial charge < -0.3 is 9.15 Å². The van der Waals surface area contributed by atoms with E-state index in [1.54, 1.807) is 31.2 Å². The number of rotatable bonds is 8. The minimum absolute atomic E-state index is 0.107. The lowest BCUT2D eigenvalue weighted by molar-refractivity contribution is -0.145. The van der Waals surface area contributed by atoms with Crippen LogP contribution in [0.5, 0.6) is 0 Å².